The van der Waals surface area contributed by atoms with Gasteiger partial charge in [-0.2, -0.15) is 0 Å². The number of carbonyl (C=O) groups excluding carboxylic acids is 1. The van der Waals surface area contributed by atoms with Crippen LogP contribution in [0.25, 0.3) is 0 Å². The van der Waals surface area contributed by atoms with Crippen molar-refractivity contribution in [2.24, 2.45) is 0 Å². The molecule has 0 unspecified atom stereocenters. The van der Waals surface area contributed by atoms with Gasteiger partial charge in [0, 0.05) is 17.8 Å². The number of aromatic nitrogens is 1. The molecule has 1 N–H and O–H groups in total. The van der Waals surface area contributed by atoms with Crippen LogP contribution in [0.4, 0.5) is 0 Å². The van der Waals surface area contributed by atoms with E-state index in [0.29, 0.717) is 6.54 Å². The fourth-order valence-electron chi connectivity index (χ4n) is 2.64. The minimum absolute atomic E-state index is 0.0530. The Kier molecular flexibility index (Phi) is 5.54. The molecule has 0 bridgehead atoms. The van der Waals surface area contributed by atoms with Crippen molar-refractivity contribution in [2.45, 2.75) is 52.0 Å². The van der Waals surface area contributed by atoms with Crippen LogP contribution >= 0.6 is 11.3 Å². The first kappa shape index (κ1) is 15.4. The zero-order valence-corrected chi connectivity index (χ0v) is 13.6. The van der Waals surface area contributed by atoms with Gasteiger partial charge in [0.1, 0.15) is 0 Å². The number of nitrogens with one attached hydrogen (secondary N) is 1. The highest BCUT2D eigenvalue weighted by atomic mass is 32.1. The summed E-state index contributed by atoms with van der Waals surface area (Å²) in [5, 5.41) is 4.19. The Balaban J connectivity index is 1.79. The molecule has 0 aromatic carbocycles. The van der Waals surface area contributed by atoms with Gasteiger partial charge in [0.05, 0.1) is 16.7 Å². The molecule has 2 heterocycles. The van der Waals surface area contributed by atoms with E-state index in [2.05, 4.69) is 29.2 Å². The molecule has 1 aromatic heterocycles. The topological polar surface area (TPSA) is 45.2 Å². The first-order valence-electron chi connectivity index (χ1n) is 7.49. The summed E-state index contributed by atoms with van der Waals surface area (Å²) < 4.78 is 0. The fourth-order valence-corrected chi connectivity index (χ4v) is 3.57. The fraction of sp³-hybridized carbons (Fsp3) is 0.733. The normalized spacial score (nSPS) is 20.6. The van der Waals surface area contributed by atoms with Gasteiger partial charge in [0.25, 0.3) is 0 Å². The number of aryl methyl sites for hydroxylation is 2. The average molecular weight is 295 g/mol. The first-order chi connectivity index (χ1) is 9.58. The smallest absolute Gasteiger partial charge is 0.237 e. The second-order valence-corrected chi connectivity index (χ2v) is 6.92. The zero-order chi connectivity index (χ0) is 14.5. The third kappa shape index (κ3) is 4.03. The molecule has 1 atom stereocenters. The minimum atomic E-state index is 0.0530. The summed E-state index contributed by atoms with van der Waals surface area (Å²) >= 11 is 1.73. The van der Waals surface area contributed by atoms with E-state index < -0.39 is 0 Å². The first-order valence-corrected chi connectivity index (χ1v) is 8.30. The third-order valence-corrected chi connectivity index (χ3v) is 5.17. The van der Waals surface area contributed by atoms with E-state index in [-0.39, 0.29) is 11.9 Å². The van der Waals surface area contributed by atoms with Crippen LogP contribution in [0, 0.1) is 13.8 Å². The standard InChI is InChI=1S/C15H25N3OS/c1-11-12(2)20-14(17-11)8-9-16-15(19)13-7-5-4-6-10-18(13)3/h13H,4-10H2,1-3H3,(H,16,19)/t13-/m0/s1. The van der Waals surface area contributed by atoms with Crippen molar-refractivity contribution in [2.75, 3.05) is 20.1 Å². The second kappa shape index (κ2) is 7.18. The average Bonchev–Trinajstić information content (AvgIpc) is 2.61. The quantitative estimate of drug-likeness (QED) is 0.927. The van der Waals surface area contributed by atoms with Crippen molar-refractivity contribution in [3.05, 3.63) is 15.6 Å². The molecule has 1 aliphatic rings. The predicted octanol–water partition coefficient (Wildman–Crippen LogP) is 2.29. The largest absolute Gasteiger partial charge is 0.354 e. The molecule has 1 aromatic rings. The van der Waals surface area contributed by atoms with Crippen LogP contribution in [0.3, 0.4) is 0 Å². The zero-order valence-electron chi connectivity index (χ0n) is 12.7. The van der Waals surface area contributed by atoms with E-state index in [4.69, 9.17) is 0 Å². The highest BCUT2D eigenvalue weighted by molar-refractivity contribution is 7.11. The molecule has 20 heavy (non-hydrogen) atoms. The van der Waals surface area contributed by atoms with Crippen LogP contribution in [0.15, 0.2) is 0 Å². The van der Waals surface area contributed by atoms with Crippen LogP contribution in [0.5, 0.6) is 0 Å². The number of likely N-dealkylation sites (N-methyl/N-ethyl adjacent to an activating group) is 1. The van der Waals surface area contributed by atoms with Gasteiger partial charge < -0.3 is 5.32 Å². The van der Waals surface area contributed by atoms with E-state index in [1.165, 1.54) is 17.7 Å². The van der Waals surface area contributed by atoms with E-state index >= 15 is 0 Å². The van der Waals surface area contributed by atoms with Crippen molar-refractivity contribution in [3.63, 3.8) is 0 Å². The van der Waals surface area contributed by atoms with Crippen molar-refractivity contribution < 1.29 is 4.79 Å². The summed E-state index contributed by atoms with van der Waals surface area (Å²) in [7, 11) is 2.06. The van der Waals surface area contributed by atoms with Gasteiger partial charge in [-0.15, -0.1) is 11.3 Å². The Morgan fingerprint density at radius 1 is 1.40 bits per heavy atom. The lowest BCUT2D eigenvalue weighted by Crippen LogP contribution is -2.45. The summed E-state index contributed by atoms with van der Waals surface area (Å²) in [6, 6.07) is 0.0530. The van der Waals surface area contributed by atoms with Gasteiger partial charge in [-0.05, 0) is 40.3 Å². The van der Waals surface area contributed by atoms with Gasteiger partial charge in [-0.1, -0.05) is 12.8 Å². The van der Waals surface area contributed by atoms with Crippen LogP contribution in [0.1, 0.15) is 41.3 Å². The molecule has 0 radical (unpaired) electrons. The molecule has 1 amide bonds. The number of nitrogens with zero attached hydrogens (tertiary/aromatic N) is 2. The Bertz CT molecular complexity index is 438. The molecule has 0 aliphatic carbocycles. The van der Waals surface area contributed by atoms with Gasteiger partial charge in [0.15, 0.2) is 0 Å². The number of hydrogen-bond donors (Lipinski definition) is 1. The van der Waals surface area contributed by atoms with Crippen molar-refractivity contribution in [1.82, 2.24) is 15.2 Å². The molecule has 0 saturated carbocycles. The van der Waals surface area contributed by atoms with E-state index in [9.17, 15) is 4.79 Å². The lowest BCUT2D eigenvalue weighted by molar-refractivity contribution is -0.126. The van der Waals surface area contributed by atoms with Crippen LogP contribution in [0.2, 0.25) is 0 Å². The lowest BCUT2D eigenvalue weighted by Gasteiger charge is -2.24. The van der Waals surface area contributed by atoms with Gasteiger partial charge in [-0.3, -0.25) is 9.69 Å². The SMILES string of the molecule is Cc1nc(CCNC(=O)[C@@H]2CCCCCN2C)sc1C. The molecular weight excluding hydrogens is 270 g/mol. The van der Waals surface area contributed by atoms with Gasteiger partial charge >= 0.3 is 0 Å². The maximum atomic E-state index is 12.3. The number of thiazole rings is 1. The summed E-state index contributed by atoms with van der Waals surface area (Å²) in [5.74, 6) is 0.180. The van der Waals surface area contributed by atoms with Crippen molar-refractivity contribution >= 4 is 17.2 Å². The maximum absolute atomic E-state index is 12.3. The maximum Gasteiger partial charge on any atom is 0.237 e. The number of amides is 1. The summed E-state index contributed by atoms with van der Waals surface area (Å²) in [4.78, 5) is 20.2. The molecule has 1 fully saturated rings. The molecule has 1 saturated heterocycles. The third-order valence-electron chi connectivity index (χ3n) is 4.03. The number of likely N-dealkylation sites (tertiary alicyclic amines) is 1. The van der Waals surface area contributed by atoms with E-state index in [1.807, 2.05) is 6.92 Å². The minimum Gasteiger partial charge on any atom is -0.354 e. The van der Waals surface area contributed by atoms with Crippen molar-refractivity contribution in [1.29, 1.82) is 0 Å². The highest BCUT2D eigenvalue weighted by Crippen LogP contribution is 2.17. The molecule has 2 rings (SSSR count). The number of rotatable bonds is 4. The molecule has 5 heteroatoms. The monoisotopic (exact) mass is 295 g/mol. The number of hydrogen-bond acceptors (Lipinski definition) is 4. The molecule has 0 spiro atoms. The lowest BCUT2D eigenvalue weighted by atomic mass is 10.1. The molecule has 112 valence electrons. The van der Waals surface area contributed by atoms with Crippen molar-refractivity contribution in [3.8, 4) is 0 Å². The summed E-state index contributed by atoms with van der Waals surface area (Å²) in [6.07, 6.45) is 5.43. The van der Waals surface area contributed by atoms with Crippen LogP contribution in [-0.2, 0) is 11.2 Å². The number of carbonyl (C=O) groups is 1. The molecular formula is C15H25N3OS. The summed E-state index contributed by atoms with van der Waals surface area (Å²) in [5.41, 5.74) is 1.11. The van der Waals surface area contributed by atoms with Crippen LogP contribution < -0.4 is 5.32 Å². The van der Waals surface area contributed by atoms with E-state index in [0.717, 1.165) is 36.5 Å². The second-order valence-electron chi connectivity index (χ2n) is 5.64. The molecule has 1 aliphatic heterocycles. The summed E-state index contributed by atoms with van der Waals surface area (Å²) in [6.45, 7) is 5.85. The molecule has 4 nitrogen and oxygen atoms in total. The van der Waals surface area contributed by atoms with E-state index in [1.54, 1.807) is 11.3 Å². The Morgan fingerprint density at radius 3 is 2.90 bits per heavy atom. The van der Waals surface area contributed by atoms with Gasteiger partial charge in [0.2, 0.25) is 5.91 Å². The Hall–Kier alpha value is -0.940. The predicted molar refractivity (Wildman–Crippen MR) is 83.2 cm³/mol. The Morgan fingerprint density at radius 2 is 2.20 bits per heavy atom. The Labute approximate surface area is 125 Å². The highest BCUT2D eigenvalue weighted by Gasteiger charge is 2.24. The van der Waals surface area contributed by atoms with Crippen LogP contribution in [-0.4, -0.2) is 42.0 Å². The van der Waals surface area contributed by atoms with Gasteiger partial charge in [-0.25, -0.2) is 4.98 Å².